The van der Waals surface area contributed by atoms with Crippen LogP contribution in [0.2, 0.25) is 0 Å². The number of benzene rings is 1. The molecule has 1 atom stereocenters. The molecule has 3 nitrogen and oxygen atoms in total. The molecule has 0 fully saturated rings. The summed E-state index contributed by atoms with van der Waals surface area (Å²) >= 11 is 0. The van der Waals surface area contributed by atoms with Crippen molar-refractivity contribution in [3.63, 3.8) is 0 Å². The molecule has 0 aliphatic rings. The number of nitrogens with zero attached hydrogens (tertiary/aromatic N) is 1. The lowest BCUT2D eigenvalue weighted by Crippen LogP contribution is -2.21. The Kier molecular flexibility index (Phi) is 4.82. The van der Waals surface area contributed by atoms with Gasteiger partial charge in [0, 0.05) is 5.71 Å². The molecule has 4 heteroatoms. The summed E-state index contributed by atoms with van der Waals surface area (Å²) in [6.45, 7) is 5.91. The molecule has 0 radical (unpaired) electrons. The Morgan fingerprint density at radius 2 is 2.12 bits per heavy atom. The maximum Gasteiger partial charge on any atom is 0.274 e. The maximum atomic E-state index is 13.3. The average molecular weight is 236 g/mol. The smallest absolute Gasteiger partial charge is 0.267 e. The number of hydrogen-bond acceptors (Lipinski definition) is 2. The van der Waals surface area contributed by atoms with Crippen LogP contribution in [0, 0.1) is 11.7 Å². The van der Waals surface area contributed by atoms with Crippen LogP contribution in [0.25, 0.3) is 0 Å². The van der Waals surface area contributed by atoms with Crippen LogP contribution in [0.1, 0.15) is 37.6 Å². The summed E-state index contributed by atoms with van der Waals surface area (Å²) in [7, 11) is 0. The predicted octanol–water partition coefficient (Wildman–Crippen LogP) is 2.98. The lowest BCUT2D eigenvalue weighted by atomic mass is 10.1. The average Bonchev–Trinajstić information content (AvgIpc) is 2.35. The van der Waals surface area contributed by atoms with Gasteiger partial charge < -0.3 is 0 Å². The predicted molar refractivity (Wildman–Crippen MR) is 66.4 cm³/mol. The molecule has 0 saturated carbocycles. The van der Waals surface area contributed by atoms with Gasteiger partial charge in [-0.2, -0.15) is 5.10 Å². The van der Waals surface area contributed by atoms with Crippen LogP contribution in [0.15, 0.2) is 29.4 Å². The van der Waals surface area contributed by atoms with Crippen LogP contribution in [0.4, 0.5) is 4.39 Å². The van der Waals surface area contributed by atoms with E-state index in [1.54, 1.807) is 12.1 Å². The van der Waals surface area contributed by atoms with Crippen molar-refractivity contribution in [3.8, 4) is 0 Å². The maximum absolute atomic E-state index is 13.3. The van der Waals surface area contributed by atoms with E-state index in [9.17, 15) is 9.18 Å². The molecule has 0 heterocycles. The van der Waals surface area contributed by atoms with E-state index in [1.165, 1.54) is 12.1 Å². The summed E-state index contributed by atoms with van der Waals surface area (Å²) in [5, 5.41) is 3.96. The van der Waals surface area contributed by atoms with Gasteiger partial charge in [0.2, 0.25) is 0 Å². The highest BCUT2D eigenvalue weighted by atomic mass is 19.1. The molecule has 1 aromatic rings. The van der Waals surface area contributed by atoms with Gasteiger partial charge in [-0.05, 0) is 31.4 Å². The topological polar surface area (TPSA) is 41.5 Å². The van der Waals surface area contributed by atoms with Crippen molar-refractivity contribution in [2.45, 2.75) is 27.2 Å². The van der Waals surface area contributed by atoms with Gasteiger partial charge in [0.05, 0.1) is 5.56 Å². The lowest BCUT2D eigenvalue weighted by Gasteiger charge is -2.08. The molecule has 0 aliphatic heterocycles. The van der Waals surface area contributed by atoms with Crippen LogP contribution < -0.4 is 5.43 Å². The fourth-order valence-corrected chi connectivity index (χ4v) is 1.25. The number of nitrogens with one attached hydrogen (secondary N) is 1. The standard InChI is InChI=1S/C13H17FN2O/c1-4-9(2)10(3)15-16-13(17)11-7-5-6-8-12(11)14/h5-9H,4H2,1-3H3,(H,16,17)/b15-10-/t9-/m0/s1. The van der Waals surface area contributed by atoms with E-state index in [0.29, 0.717) is 5.92 Å². The van der Waals surface area contributed by atoms with Gasteiger partial charge in [-0.1, -0.05) is 26.0 Å². The van der Waals surface area contributed by atoms with Gasteiger partial charge in [0.1, 0.15) is 5.82 Å². The minimum absolute atomic E-state index is 0.00759. The third-order valence-corrected chi connectivity index (χ3v) is 2.78. The SMILES string of the molecule is CC[C@H](C)/C(C)=N\NC(=O)c1ccccc1F. The normalized spacial score (nSPS) is 13.3. The number of amides is 1. The summed E-state index contributed by atoms with van der Waals surface area (Å²) in [4.78, 5) is 11.6. The first-order chi connectivity index (χ1) is 8.06. The van der Waals surface area contributed by atoms with Crippen molar-refractivity contribution in [2.24, 2.45) is 11.0 Å². The second-order valence-electron chi connectivity index (χ2n) is 3.98. The molecule has 1 amide bonds. The van der Waals surface area contributed by atoms with Crippen molar-refractivity contribution in [2.75, 3.05) is 0 Å². The van der Waals surface area contributed by atoms with E-state index in [-0.39, 0.29) is 5.56 Å². The van der Waals surface area contributed by atoms with Gasteiger partial charge in [-0.25, -0.2) is 9.82 Å². The third-order valence-electron chi connectivity index (χ3n) is 2.78. The molecule has 17 heavy (non-hydrogen) atoms. The molecule has 1 rings (SSSR count). The monoisotopic (exact) mass is 236 g/mol. The minimum atomic E-state index is -0.540. The summed E-state index contributed by atoms with van der Waals surface area (Å²) in [6.07, 6.45) is 0.949. The Balaban J connectivity index is 2.71. The molecule has 0 saturated heterocycles. The molecule has 1 aromatic carbocycles. The summed E-state index contributed by atoms with van der Waals surface area (Å²) in [6, 6.07) is 5.84. The molecule has 1 N–H and O–H groups in total. The van der Waals surface area contributed by atoms with Crippen LogP contribution in [0.3, 0.4) is 0 Å². The zero-order valence-corrected chi connectivity index (χ0v) is 10.3. The van der Waals surface area contributed by atoms with E-state index in [0.717, 1.165) is 12.1 Å². The lowest BCUT2D eigenvalue weighted by molar-refractivity contribution is 0.0950. The fraction of sp³-hybridized carbons (Fsp3) is 0.385. The molecular formula is C13H17FN2O. The second-order valence-corrected chi connectivity index (χ2v) is 3.98. The van der Waals surface area contributed by atoms with E-state index < -0.39 is 11.7 Å². The summed E-state index contributed by atoms with van der Waals surface area (Å²) in [5.74, 6) is -0.761. The van der Waals surface area contributed by atoms with E-state index in [1.807, 2.05) is 20.8 Å². The molecule has 0 aliphatic carbocycles. The minimum Gasteiger partial charge on any atom is -0.267 e. The largest absolute Gasteiger partial charge is 0.274 e. The van der Waals surface area contributed by atoms with Crippen molar-refractivity contribution >= 4 is 11.6 Å². The number of rotatable bonds is 4. The van der Waals surface area contributed by atoms with E-state index in [2.05, 4.69) is 10.5 Å². The number of carbonyl (C=O) groups is 1. The first kappa shape index (κ1) is 13.4. The molecule has 92 valence electrons. The molecular weight excluding hydrogens is 219 g/mol. The first-order valence-corrected chi connectivity index (χ1v) is 5.65. The number of halogens is 1. The molecule has 0 unspecified atom stereocenters. The van der Waals surface area contributed by atoms with Crippen LogP contribution in [0.5, 0.6) is 0 Å². The quantitative estimate of drug-likeness (QED) is 0.633. The molecule has 0 aromatic heterocycles. The van der Waals surface area contributed by atoms with Gasteiger partial charge in [0.15, 0.2) is 0 Å². The highest BCUT2D eigenvalue weighted by Gasteiger charge is 2.10. The highest BCUT2D eigenvalue weighted by molar-refractivity contribution is 5.95. The zero-order valence-electron chi connectivity index (χ0n) is 10.3. The number of hydrazone groups is 1. The highest BCUT2D eigenvalue weighted by Crippen LogP contribution is 2.06. The first-order valence-electron chi connectivity index (χ1n) is 5.65. The van der Waals surface area contributed by atoms with Crippen molar-refractivity contribution in [3.05, 3.63) is 35.6 Å². The van der Waals surface area contributed by atoms with Crippen LogP contribution in [-0.4, -0.2) is 11.6 Å². The Labute approximate surface area is 101 Å². The van der Waals surface area contributed by atoms with Gasteiger partial charge in [-0.3, -0.25) is 4.79 Å². The summed E-state index contributed by atoms with van der Waals surface area (Å²) in [5.41, 5.74) is 3.20. The number of hydrogen-bond donors (Lipinski definition) is 1. The van der Waals surface area contributed by atoms with Crippen LogP contribution >= 0.6 is 0 Å². The van der Waals surface area contributed by atoms with Gasteiger partial charge in [0.25, 0.3) is 5.91 Å². The van der Waals surface area contributed by atoms with E-state index in [4.69, 9.17) is 0 Å². The third kappa shape index (κ3) is 3.66. The van der Waals surface area contributed by atoms with Gasteiger partial charge in [-0.15, -0.1) is 0 Å². The second kappa shape index (κ2) is 6.13. The van der Waals surface area contributed by atoms with Crippen molar-refractivity contribution < 1.29 is 9.18 Å². The summed E-state index contributed by atoms with van der Waals surface area (Å²) < 4.78 is 13.3. The van der Waals surface area contributed by atoms with Crippen LogP contribution in [-0.2, 0) is 0 Å². The van der Waals surface area contributed by atoms with Crippen molar-refractivity contribution in [1.82, 2.24) is 5.43 Å². The van der Waals surface area contributed by atoms with Crippen molar-refractivity contribution in [1.29, 1.82) is 0 Å². The fourth-order valence-electron chi connectivity index (χ4n) is 1.25. The molecule has 0 bridgehead atoms. The Hall–Kier alpha value is -1.71. The Morgan fingerprint density at radius 3 is 2.71 bits per heavy atom. The zero-order chi connectivity index (χ0) is 12.8. The Morgan fingerprint density at radius 1 is 1.47 bits per heavy atom. The Bertz CT molecular complexity index is 429. The molecule has 0 spiro atoms. The van der Waals surface area contributed by atoms with E-state index >= 15 is 0 Å². The number of carbonyl (C=O) groups excluding carboxylic acids is 1. The van der Waals surface area contributed by atoms with Gasteiger partial charge >= 0.3 is 0 Å².